The second-order valence-corrected chi connectivity index (χ2v) is 8.01. The molecule has 0 amide bonds. The predicted octanol–water partition coefficient (Wildman–Crippen LogP) is 6.36. The summed E-state index contributed by atoms with van der Waals surface area (Å²) in [5.41, 5.74) is 2.12. The van der Waals surface area contributed by atoms with Crippen LogP contribution in [0.2, 0.25) is 0 Å². The van der Waals surface area contributed by atoms with Crippen LogP contribution in [0.3, 0.4) is 0 Å². The quantitative estimate of drug-likeness (QED) is 0.553. The first kappa shape index (κ1) is 17.4. The van der Waals surface area contributed by atoms with Crippen molar-refractivity contribution in [3.05, 3.63) is 29.8 Å². The summed E-state index contributed by atoms with van der Waals surface area (Å²) in [5, 5.41) is 0. The lowest BCUT2D eigenvalue weighted by Gasteiger charge is -2.51. The van der Waals surface area contributed by atoms with E-state index < -0.39 is 0 Å². The molecule has 3 aliphatic rings. The van der Waals surface area contributed by atoms with Gasteiger partial charge in [0.25, 0.3) is 0 Å². The number of fused-ring (bicyclic) bond motifs is 3. The molecule has 3 saturated carbocycles. The molecule has 1 aromatic carbocycles. The Morgan fingerprint density at radius 3 is 2.17 bits per heavy atom. The molecular weight excluding hydrogens is 292 g/mol. The molecule has 3 aliphatic carbocycles. The van der Waals surface area contributed by atoms with Crippen LogP contribution in [0.1, 0.15) is 83.6 Å². The maximum atomic E-state index is 5.65. The summed E-state index contributed by atoms with van der Waals surface area (Å²) in [6, 6.07) is 8.31. The molecule has 1 aromatic rings. The summed E-state index contributed by atoms with van der Waals surface area (Å²) in [4.78, 5) is 0. The summed E-state index contributed by atoms with van der Waals surface area (Å²) >= 11 is 0. The summed E-state index contributed by atoms with van der Waals surface area (Å²) in [6.07, 6.45) is 13.4. The molecular formula is C23H32O. The molecule has 24 heavy (non-hydrogen) atoms. The normalized spacial score (nSPS) is 28.2. The van der Waals surface area contributed by atoms with Gasteiger partial charge in [0.2, 0.25) is 0 Å². The van der Waals surface area contributed by atoms with Crippen LogP contribution in [-0.4, -0.2) is 6.61 Å². The van der Waals surface area contributed by atoms with Crippen molar-refractivity contribution in [1.29, 1.82) is 0 Å². The van der Waals surface area contributed by atoms with E-state index in [1.807, 2.05) is 0 Å². The Kier molecular flexibility index (Phi) is 5.54. The van der Waals surface area contributed by atoms with Crippen molar-refractivity contribution < 1.29 is 4.74 Å². The maximum Gasteiger partial charge on any atom is 0.119 e. The molecule has 0 heterocycles. The van der Waals surface area contributed by atoms with E-state index in [0.29, 0.717) is 10.8 Å². The van der Waals surface area contributed by atoms with Gasteiger partial charge in [0, 0.05) is 11.0 Å². The molecule has 0 unspecified atom stereocenters. The molecule has 2 bridgehead atoms. The first-order chi connectivity index (χ1) is 11.7. The first-order valence-electron chi connectivity index (χ1n) is 9.95. The van der Waals surface area contributed by atoms with E-state index >= 15 is 0 Å². The number of hydrogen-bond acceptors (Lipinski definition) is 1. The van der Waals surface area contributed by atoms with Gasteiger partial charge in [-0.25, -0.2) is 0 Å². The molecule has 0 N–H and O–H groups in total. The minimum Gasteiger partial charge on any atom is -0.494 e. The van der Waals surface area contributed by atoms with Crippen LogP contribution in [-0.2, 0) is 0 Å². The molecule has 0 aliphatic heterocycles. The van der Waals surface area contributed by atoms with Gasteiger partial charge in [-0.3, -0.25) is 0 Å². The molecule has 1 nitrogen and oxygen atoms in total. The number of unbranched alkanes of at least 4 members (excludes halogenated alkanes) is 1. The van der Waals surface area contributed by atoms with Crippen LogP contribution in [0.5, 0.6) is 5.75 Å². The fraction of sp³-hybridized carbons (Fsp3) is 0.652. The Morgan fingerprint density at radius 1 is 0.917 bits per heavy atom. The summed E-state index contributed by atoms with van der Waals surface area (Å²) < 4.78 is 5.65. The van der Waals surface area contributed by atoms with Crippen molar-refractivity contribution >= 4 is 0 Å². The van der Waals surface area contributed by atoms with Crippen molar-refractivity contribution in [2.75, 3.05) is 6.61 Å². The first-order valence-corrected chi connectivity index (χ1v) is 9.95. The van der Waals surface area contributed by atoms with Gasteiger partial charge in [-0.2, -0.15) is 0 Å². The SMILES string of the molecule is CCCCC12CCC(C#Cc3ccc(OCCC)cc3)(CC1)CC2. The van der Waals surface area contributed by atoms with Crippen LogP contribution in [0.15, 0.2) is 24.3 Å². The summed E-state index contributed by atoms with van der Waals surface area (Å²) in [5.74, 6) is 8.10. The van der Waals surface area contributed by atoms with Crippen molar-refractivity contribution in [2.45, 2.75) is 78.1 Å². The molecule has 3 fully saturated rings. The molecule has 0 saturated heterocycles. The minimum atomic E-state index is 0.311. The standard InChI is InChI=1S/C23H32O/c1-3-5-11-22-13-16-23(17-14-22,18-15-22)12-10-20-6-8-21(9-7-20)24-19-4-2/h6-9H,3-5,11,13-19H2,1-2H3. The van der Waals surface area contributed by atoms with Crippen LogP contribution < -0.4 is 4.74 Å². The van der Waals surface area contributed by atoms with Crippen LogP contribution >= 0.6 is 0 Å². The van der Waals surface area contributed by atoms with Gasteiger partial charge in [0.1, 0.15) is 5.75 Å². The average Bonchev–Trinajstić information content (AvgIpc) is 2.66. The third-order valence-electron chi connectivity index (χ3n) is 6.26. The van der Waals surface area contributed by atoms with E-state index in [4.69, 9.17) is 4.74 Å². The van der Waals surface area contributed by atoms with Crippen molar-refractivity contribution in [3.63, 3.8) is 0 Å². The summed E-state index contributed by atoms with van der Waals surface area (Å²) in [7, 11) is 0. The van der Waals surface area contributed by atoms with Crippen molar-refractivity contribution in [1.82, 2.24) is 0 Å². The van der Waals surface area contributed by atoms with E-state index in [-0.39, 0.29) is 0 Å². The Hall–Kier alpha value is -1.42. The molecule has 4 rings (SSSR count). The number of benzene rings is 1. The third-order valence-corrected chi connectivity index (χ3v) is 6.26. The molecule has 0 aromatic heterocycles. The zero-order valence-electron chi connectivity index (χ0n) is 15.5. The smallest absolute Gasteiger partial charge is 0.119 e. The lowest BCUT2D eigenvalue weighted by Crippen LogP contribution is -2.40. The van der Waals surface area contributed by atoms with Gasteiger partial charge in [-0.1, -0.05) is 38.5 Å². The fourth-order valence-corrected chi connectivity index (χ4v) is 4.44. The zero-order valence-corrected chi connectivity index (χ0v) is 15.5. The van der Waals surface area contributed by atoms with E-state index in [0.717, 1.165) is 24.3 Å². The van der Waals surface area contributed by atoms with Gasteiger partial charge in [0.15, 0.2) is 0 Å². The van der Waals surface area contributed by atoms with Gasteiger partial charge >= 0.3 is 0 Å². The van der Waals surface area contributed by atoms with Gasteiger partial charge < -0.3 is 4.74 Å². The van der Waals surface area contributed by atoms with E-state index in [2.05, 4.69) is 50.0 Å². The molecule has 0 radical (unpaired) electrons. The maximum absolute atomic E-state index is 5.65. The Labute approximate surface area is 148 Å². The Balaban J connectivity index is 1.61. The second kappa shape index (κ2) is 7.64. The zero-order chi connectivity index (χ0) is 16.9. The average molecular weight is 325 g/mol. The van der Waals surface area contributed by atoms with E-state index in [1.54, 1.807) is 0 Å². The molecule has 0 spiro atoms. The lowest BCUT2D eigenvalue weighted by atomic mass is 9.53. The molecule has 130 valence electrons. The minimum absolute atomic E-state index is 0.311. The van der Waals surface area contributed by atoms with Gasteiger partial charge in [-0.15, -0.1) is 0 Å². The highest BCUT2D eigenvalue weighted by Crippen LogP contribution is 2.58. The molecule has 0 atom stereocenters. The highest BCUT2D eigenvalue weighted by atomic mass is 16.5. The third kappa shape index (κ3) is 3.97. The Morgan fingerprint density at radius 2 is 1.58 bits per heavy atom. The highest BCUT2D eigenvalue weighted by Gasteiger charge is 2.47. The largest absolute Gasteiger partial charge is 0.494 e. The monoisotopic (exact) mass is 324 g/mol. The van der Waals surface area contributed by atoms with Crippen molar-refractivity contribution in [3.8, 4) is 17.6 Å². The molecule has 1 heteroatoms. The number of ether oxygens (including phenoxy) is 1. The number of rotatable bonds is 6. The summed E-state index contributed by atoms with van der Waals surface area (Å²) in [6.45, 7) is 5.23. The van der Waals surface area contributed by atoms with Gasteiger partial charge in [0.05, 0.1) is 6.61 Å². The van der Waals surface area contributed by atoms with Crippen LogP contribution in [0, 0.1) is 22.7 Å². The lowest BCUT2D eigenvalue weighted by molar-refractivity contribution is 0.0189. The fourth-order valence-electron chi connectivity index (χ4n) is 4.44. The van der Waals surface area contributed by atoms with Crippen LogP contribution in [0.25, 0.3) is 0 Å². The van der Waals surface area contributed by atoms with Crippen molar-refractivity contribution in [2.24, 2.45) is 10.8 Å². The highest BCUT2D eigenvalue weighted by molar-refractivity contribution is 5.39. The predicted molar refractivity (Wildman–Crippen MR) is 101 cm³/mol. The van der Waals surface area contributed by atoms with Gasteiger partial charge in [-0.05, 0) is 81.0 Å². The number of hydrogen-bond donors (Lipinski definition) is 0. The van der Waals surface area contributed by atoms with Crippen LogP contribution in [0.4, 0.5) is 0 Å². The topological polar surface area (TPSA) is 9.23 Å². The Bertz CT molecular complexity index is 562. The second-order valence-electron chi connectivity index (χ2n) is 8.01. The van der Waals surface area contributed by atoms with E-state index in [9.17, 15) is 0 Å². The van der Waals surface area contributed by atoms with E-state index in [1.165, 1.54) is 57.8 Å².